The third kappa shape index (κ3) is 2.39. The highest BCUT2D eigenvalue weighted by Crippen LogP contribution is 2.18. The predicted octanol–water partition coefficient (Wildman–Crippen LogP) is 3.00. The quantitative estimate of drug-likeness (QED) is 0.429. The fourth-order valence-electron chi connectivity index (χ4n) is 1.43. The standard InChI is InChI=1S/C13H10NO2/c15-14(16)13-8-6-12(7-9-13)10-11-4-2-1-3-5-11/h1-10H/q-1. The van der Waals surface area contributed by atoms with Crippen LogP contribution < -0.4 is 0 Å². The molecular weight excluding hydrogens is 202 g/mol. The van der Waals surface area contributed by atoms with Crippen LogP contribution in [0.2, 0.25) is 0 Å². The van der Waals surface area contributed by atoms with Gasteiger partial charge in [-0.2, -0.15) is 12.2 Å². The minimum absolute atomic E-state index is 0.116. The van der Waals surface area contributed by atoms with E-state index in [4.69, 9.17) is 0 Å². The summed E-state index contributed by atoms with van der Waals surface area (Å²) in [5, 5.41) is 10.5. The molecule has 0 amide bonds. The Morgan fingerprint density at radius 1 is 1.12 bits per heavy atom. The van der Waals surface area contributed by atoms with Crippen LogP contribution >= 0.6 is 0 Å². The lowest BCUT2D eigenvalue weighted by atomic mass is 10.0. The zero-order chi connectivity index (χ0) is 11.4. The summed E-state index contributed by atoms with van der Waals surface area (Å²) in [5.41, 5.74) is 2.04. The zero-order valence-corrected chi connectivity index (χ0v) is 8.54. The van der Waals surface area contributed by atoms with Crippen LogP contribution in [0.25, 0.3) is 6.08 Å². The molecule has 1 aromatic rings. The molecule has 0 N–H and O–H groups in total. The van der Waals surface area contributed by atoms with Crippen LogP contribution in [0.3, 0.4) is 0 Å². The normalized spacial score (nSPS) is 14.0. The lowest BCUT2D eigenvalue weighted by Crippen LogP contribution is -2.05. The maximum Gasteiger partial charge on any atom is 0.163 e. The molecule has 0 heterocycles. The van der Waals surface area contributed by atoms with E-state index in [-0.39, 0.29) is 6.04 Å². The maximum absolute atomic E-state index is 10.5. The largest absolute Gasteiger partial charge is 0.270 e. The van der Waals surface area contributed by atoms with Gasteiger partial charge in [-0.05, 0) is 5.56 Å². The molecule has 80 valence electrons. The van der Waals surface area contributed by atoms with Crippen LogP contribution in [0.15, 0.2) is 60.2 Å². The lowest BCUT2D eigenvalue weighted by molar-refractivity contribution is -0.448. The molecule has 0 unspecified atom stereocenters. The molecule has 0 aliphatic heterocycles. The minimum Gasteiger partial charge on any atom is -0.270 e. The number of benzene rings is 1. The zero-order valence-electron chi connectivity index (χ0n) is 8.54. The highest BCUT2D eigenvalue weighted by molar-refractivity contribution is 5.61. The fourth-order valence-corrected chi connectivity index (χ4v) is 1.43. The van der Waals surface area contributed by atoms with E-state index in [2.05, 4.69) is 0 Å². The molecule has 3 heteroatoms. The van der Waals surface area contributed by atoms with Gasteiger partial charge in [-0.3, -0.25) is 10.1 Å². The first-order valence-electron chi connectivity index (χ1n) is 4.90. The summed E-state index contributed by atoms with van der Waals surface area (Å²) in [7, 11) is 0. The van der Waals surface area contributed by atoms with Crippen molar-refractivity contribution in [2.24, 2.45) is 0 Å². The highest BCUT2D eigenvalue weighted by atomic mass is 16.6. The molecule has 16 heavy (non-hydrogen) atoms. The van der Waals surface area contributed by atoms with Crippen molar-refractivity contribution in [1.82, 2.24) is 0 Å². The summed E-state index contributed by atoms with van der Waals surface area (Å²) in [6, 6.07) is 9.95. The van der Waals surface area contributed by atoms with Gasteiger partial charge in [-0.25, -0.2) is 0 Å². The minimum atomic E-state index is -0.397. The van der Waals surface area contributed by atoms with Gasteiger partial charge in [0.1, 0.15) is 0 Å². The molecule has 1 aliphatic rings. The summed E-state index contributed by atoms with van der Waals surface area (Å²) >= 11 is 0. The topological polar surface area (TPSA) is 43.1 Å². The van der Waals surface area contributed by atoms with Crippen molar-refractivity contribution in [2.75, 3.05) is 0 Å². The van der Waals surface area contributed by atoms with Crippen LogP contribution in [-0.4, -0.2) is 4.92 Å². The number of hydrogen-bond acceptors (Lipinski definition) is 2. The molecule has 0 radical (unpaired) electrons. The average molecular weight is 212 g/mol. The number of rotatable bonds is 2. The molecule has 0 saturated heterocycles. The Kier molecular flexibility index (Phi) is 2.87. The Hall–Kier alpha value is -2.29. The molecule has 0 spiro atoms. The molecule has 0 atom stereocenters. The smallest absolute Gasteiger partial charge is 0.163 e. The first-order chi connectivity index (χ1) is 7.75. The second-order valence-electron chi connectivity index (χ2n) is 3.40. The van der Waals surface area contributed by atoms with E-state index in [1.807, 2.05) is 36.4 Å². The first kappa shape index (κ1) is 10.2. The van der Waals surface area contributed by atoms with E-state index in [0.29, 0.717) is 0 Å². The summed E-state index contributed by atoms with van der Waals surface area (Å²) in [6.45, 7) is 0. The van der Waals surface area contributed by atoms with Crippen LogP contribution in [0.5, 0.6) is 0 Å². The van der Waals surface area contributed by atoms with Crippen LogP contribution in [0, 0.1) is 16.2 Å². The molecule has 0 bridgehead atoms. The van der Waals surface area contributed by atoms with Crippen molar-refractivity contribution in [3.8, 4) is 0 Å². The molecule has 3 nitrogen and oxygen atoms in total. The first-order valence-corrected chi connectivity index (χ1v) is 4.90. The number of nitro groups is 1. The second kappa shape index (κ2) is 4.49. The third-order valence-electron chi connectivity index (χ3n) is 2.24. The Balaban J connectivity index is 2.16. The predicted molar refractivity (Wildman–Crippen MR) is 62.9 cm³/mol. The highest BCUT2D eigenvalue weighted by Gasteiger charge is 2.06. The van der Waals surface area contributed by atoms with Gasteiger partial charge in [0.2, 0.25) is 0 Å². The van der Waals surface area contributed by atoms with E-state index in [9.17, 15) is 10.1 Å². The summed E-state index contributed by atoms with van der Waals surface area (Å²) in [4.78, 5) is 10.1. The molecule has 1 aliphatic carbocycles. The number of allylic oxidation sites excluding steroid dienone is 3. The molecule has 1 aromatic carbocycles. The Labute approximate surface area is 93.6 Å². The van der Waals surface area contributed by atoms with E-state index >= 15 is 0 Å². The van der Waals surface area contributed by atoms with Gasteiger partial charge in [-0.1, -0.05) is 48.6 Å². The van der Waals surface area contributed by atoms with Crippen molar-refractivity contribution >= 4 is 6.08 Å². The van der Waals surface area contributed by atoms with Crippen molar-refractivity contribution in [3.05, 3.63) is 81.9 Å². The van der Waals surface area contributed by atoms with Gasteiger partial charge in [0.15, 0.2) is 6.04 Å². The van der Waals surface area contributed by atoms with Crippen LogP contribution in [0.4, 0.5) is 0 Å². The maximum atomic E-state index is 10.5. The Bertz CT molecular complexity index is 456. The number of nitrogens with zero attached hydrogens (tertiary/aromatic N) is 1. The second-order valence-corrected chi connectivity index (χ2v) is 3.40. The third-order valence-corrected chi connectivity index (χ3v) is 2.24. The van der Waals surface area contributed by atoms with Gasteiger partial charge < -0.3 is 0 Å². The molecule has 2 rings (SSSR count). The summed E-state index contributed by atoms with van der Waals surface area (Å²) in [6.07, 6.45) is 8.48. The van der Waals surface area contributed by atoms with Gasteiger partial charge in [0.05, 0.1) is 0 Å². The van der Waals surface area contributed by atoms with Gasteiger partial charge in [-0.15, -0.1) is 5.57 Å². The van der Waals surface area contributed by atoms with E-state index in [1.54, 1.807) is 12.2 Å². The summed E-state index contributed by atoms with van der Waals surface area (Å²) < 4.78 is 0. The molecule has 0 fully saturated rings. The Morgan fingerprint density at radius 2 is 1.75 bits per heavy atom. The van der Waals surface area contributed by atoms with E-state index in [1.165, 1.54) is 12.2 Å². The molecule has 0 aromatic heterocycles. The van der Waals surface area contributed by atoms with Crippen LogP contribution in [0.1, 0.15) is 5.56 Å². The lowest BCUT2D eigenvalue weighted by Gasteiger charge is -2.12. The van der Waals surface area contributed by atoms with Crippen molar-refractivity contribution in [1.29, 1.82) is 0 Å². The van der Waals surface area contributed by atoms with Gasteiger partial charge in [0.25, 0.3) is 0 Å². The monoisotopic (exact) mass is 212 g/mol. The Morgan fingerprint density at radius 3 is 2.31 bits per heavy atom. The van der Waals surface area contributed by atoms with Crippen molar-refractivity contribution < 1.29 is 4.92 Å². The molecule has 0 saturated carbocycles. The van der Waals surface area contributed by atoms with Gasteiger partial charge in [0, 0.05) is 4.92 Å². The number of hydrogen-bond donors (Lipinski definition) is 0. The van der Waals surface area contributed by atoms with E-state index < -0.39 is 4.92 Å². The SMILES string of the molecule is O=[N+]([O-])[C-]1C=CC(=Cc2ccccc2)C=C1. The van der Waals surface area contributed by atoms with Gasteiger partial charge >= 0.3 is 0 Å². The summed E-state index contributed by atoms with van der Waals surface area (Å²) in [5.74, 6) is 0. The van der Waals surface area contributed by atoms with Crippen LogP contribution in [-0.2, 0) is 0 Å². The van der Waals surface area contributed by atoms with Crippen molar-refractivity contribution in [2.45, 2.75) is 0 Å². The van der Waals surface area contributed by atoms with Crippen molar-refractivity contribution in [3.63, 3.8) is 0 Å². The molecular formula is C13H10NO2-. The average Bonchev–Trinajstić information content (AvgIpc) is 2.31. The van der Waals surface area contributed by atoms with E-state index in [0.717, 1.165) is 11.1 Å². The fraction of sp³-hybridized carbons (Fsp3) is 0.